The molecule has 2 aromatic rings. The van der Waals surface area contributed by atoms with E-state index < -0.39 is 0 Å². The van der Waals surface area contributed by atoms with Crippen molar-refractivity contribution in [3.63, 3.8) is 0 Å². The molecule has 1 aromatic carbocycles. The molecule has 0 saturated carbocycles. The van der Waals surface area contributed by atoms with Crippen molar-refractivity contribution < 1.29 is 0 Å². The maximum atomic E-state index is 5.75. The van der Waals surface area contributed by atoms with E-state index in [9.17, 15) is 0 Å². The highest BCUT2D eigenvalue weighted by Crippen LogP contribution is 2.27. The normalized spacial score (nSPS) is 11.2. The Morgan fingerprint density at radius 2 is 1.94 bits per heavy atom. The van der Waals surface area contributed by atoms with Crippen LogP contribution in [0.1, 0.15) is 12.1 Å². The van der Waals surface area contributed by atoms with Crippen molar-refractivity contribution in [1.82, 2.24) is 10.2 Å². The Labute approximate surface area is 105 Å². The van der Waals surface area contributed by atoms with Crippen molar-refractivity contribution in [1.29, 1.82) is 0 Å². The Morgan fingerprint density at radius 1 is 1.17 bits per heavy atom. The van der Waals surface area contributed by atoms with Crippen LogP contribution in [0, 0.1) is 0 Å². The number of aryl methyl sites for hydroxylation is 1. The molecule has 0 amide bonds. The second-order valence-corrected chi connectivity index (χ2v) is 3.86. The SMILES string of the molecule is NCCCc1[nH]nc(N)c1N=Nc1ccccc1. The van der Waals surface area contributed by atoms with Crippen LogP contribution in [0.5, 0.6) is 0 Å². The van der Waals surface area contributed by atoms with Gasteiger partial charge in [-0.2, -0.15) is 10.2 Å². The van der Waals surface area contributed by atoms with E-state index in [0.717, 1.165) is 24.2 Å². The summed E-state index contributed by atoms with van der Waals surface area (Å²) in [6.45, 7) is 0.619. The molecule has 1 heterocycles. The van der Waals surface area contributed by atoms with Gasteiger partial charge in [0.25, 0.3) is 0 Å². The molecule has 0 spiro atoms. The number of benzene rings is 1. The van der Waals surface area contributed by atoms with Crippen LogP contribution in [0.25, 0.3) is 0 Å². The summed E-state index contributed by atoms with van der Waals surface area (Å²) >= 11 is 0. The van der Waals surface area contributed by atoms with E-state index in [4.69, 9.17) is 11.5 Å². The Balaban J connectivity index is 2.18. The smallest absolute Gasteiger partial charge is 0.173 e. The number of nitrogen functional groups attached to an aromatic ring is 1. The summed E-state index contributed by atoms with van der Waals surface area (Å²) < 4.78 is 0. The fourth-order valence-electron chi connectivity index (χ4n) is 1.56. The summed E-state index contributed by atoms with van der Waals surface area (Å²) in [5.41, 5.74) is 13.5. The Hall–Kier alpha value is -2.21. The number of rotatable bonds is 5. The Morgan fingerprint density at radius 3 is 2.67 bits per heavy atom. The number of aromatic nitrogens is 2. The van der Waals surface area contributed by atoms with Crippen LogP contribution in [0.15, 0.2) is 40.6 Å². The fourth-order valence-corrected chi connectivity index (χ4v) is 1.56. The van der Waals surface area contributed by atoms with E-state index in [1.54, 1.807) is 0 Å². The number of H-pyrrole nitrogens is 1. The van der Waals surface area contributed by atoms with E-state index >= 15 is 0 Å². The number of hydrogen-bond acceptors (Lipinski definition) is 5. The average molecular weight is 244 g/mol. The van der Waals surface area contributed by atoms with Crippen LogP contribution in [-0.2, 0) is 6.42 Å². The first kappa shape index (κ1) is 12.3. The van der Waals surface area contributed by atoms with Crippen LogP contribution in [0.4, 0.5) is 17.2 Å². The van der Waals surface area contributed by atoms with Crippen molar-refractivity contribution in [2.45, 2.75) is 12.8 Å². The van der Waals surface area contributed by atoms with Gasteiger partial charge in [0.1, 0.15) is 0 Å². The van der Waals surface area contributed by atoms with Gasteiger partial charge in [-0.05, 0) is 31.5 Å². The standard InChI is InChI=1S/C12H16N6/c13-8-4-7-10-11(12(14)18-16-10)17-15-9-5-2-1-3-6-9/h1-3,5-6H,4,7-8,13H2,(H3,14,16,18). The van der Waals surface area contributed by atoms with E-state index in [1.807, 2.05) is 30.3 Å². The molecular formula is C12H16N6. The molecule has 6 nitrogen and oxygen atoms in total. The number of hydrogen-bond donors (Lipinski definition) is 3. The summed E-state index contributed by atoms with van der Waals surface area (Å²) in [7, 11) is 0. The third kappa shape index (κ3) is 2.92. The number of anilines is 1. The minimum atomic E-state index is 0.363. The second kappa shape index (κ2) is 5.92. The lowest BCUT2D eigenvalue weighted by molar-refractivity contribution is 0.803. The second-order valence-electron chi connectivity index (χ2n) is 3.86. The first-order chi connectivity index (χ1) is 8.81. The number of nitrogens with two attached hydrogens (primary N) is 2. The van der Waals surface area contributed by atoms with E-state index in [2.05, 4.69) is 20.4 Å². The highest BCUT2D eigenvalue weighted by atomic mass is 15.2. The highest BCUT2D eigenvalue weighted by molar-refractivity contribution is 5.60. The van der Waals surface area contributed by atoms with Gasteiger partial charge in [0, 0.05) is 0 Å². The minimum absolute atomic E-state index is 0.363. The van der Waals surface area contributed by atoms with Gasteiger partial charge in [-0.15, -0.1) is 5.11 Å². The zero-order valence-corrected chi connectivity index (χ0v) is 10.0. The third-order valence-electron chi connectivity index (χ3n) is 2.49. The van der Waals surface area contributed by atoms with E-state index in [0.29, 0.717) is 18.1 Å². The predicted molar refractivity (Wildman–Crippen MR) is 71.0 cm³/mol. The van der Waals surface area contributed by atoms with Gasteiger partial charge >= 0.3 is 0 Å². The lowest BCUT2D eigenvalue weighted by Crippen LogP contribution is -2.00. The summed E-state index contributed by atoms with van der Waals surface area (Å²) in [6.07, 6.45) is 1.62. The summed E-state index contributed by atoms with van der Waals surface area (Å²) in [6, 6.07) is 9.49. The van der Waals surface area contributed by atoms with Crippen molar-refractivity contribution >= 4 is 17.2 Å². The number of nitrogens with one attached hydrogen (secondary N) is 1. The molecule has 0 atom stereocenters. The van der Waals surface area contributed by atoms with Crippen LogP contribution < -0.4 is 11.5 Å². The van der Waals surface area contributed by atoms with Crippen LogP contribution in [-0.4, -0.2) is 16.7 Å². The van der Waals surface area contributed by atoms with Gasteiger partial charge in [-0.25, -0.2) is 0 Å². The minimum Gasteiger partial charge on any atom is -0.380 e. The molecule has 0 bridgehead atoms. The quantitative estimate of drug-likeness (QED) is 0.702. The summed E-state index contributed by atoms with van der Waals surface area (Å²) in [5, 5.41) is 15.1. The third-order valence-corrected chi connectivity index (χ3v) is 2.49. The number of aromatic amines is 1. The molecule has 94 valence electrons. The van der Waals surface area contributed by atoms with Crippen molar-refractivity contribution in [3.8, 4) is 0 Å². The van der Waals surface area contributed by atoms with Crippen molar-refractivity contribution in [2.75, 3.05) is 12.3 Å². The van der Waals surface area contributed by atoms with Gasteiger partial charge in [-0.1, -0.05) is 18.2 Å². The molecule has 6 heteroatoms. The van der Waals surface area contributed by atoms with Crippen LogP contribution in [0.3, 0.4) is 0 Å². The van der Waals surface area contributed by atoms with Crippen molar-refractivity contribution in [3.05, 3.63) is 36.0 Å². The van der Waals surface area contributed by atoms with E-state index in [1.165, 1.54) is 0 Å². The molecule has 0 aliphatic carbocycles. The Kier molecular flexibility index (Phi) is 4.03. The molecule has 0 unspecified atom stereocenters. The molecule has 0 fully saturated rings. The van der Waals surface area contributed by atoms with Gasteiger partial charge in [-0.3, -0.25) is 5.10 Å². The largest absolute Gasteiger partial charge is 0.380 e. The zero-order valence-electron chi connectivity index (χ0n) is 10.0. The number of azo groups is 1. The average Bonchev–Trinajstić information content (AvgIpc) is 2.76. The summed E-state index contributed by atoms with van der Waals surface area (Å²) in [4.78, 5) is 0. The monoisotopic (exact) mass is 244 g/mol. The summed E-state index contributed by atoms with van der Waals surface area (Å²) in [5.74, 6) is 0.363. The lowest BCUT2D eigenvalue weighted by Gasteiger charge is -1.97. The molecule has 2 rings (SSSR count). The van der Waals surface area contributed by atoms with Gasteiger partial charge < -0.3 is 11.5 Å². The number of nitrogens with zero attached hydrogens (tertiary/aromatic N) is 3. The topological polar surface area (TPSA) is 105 Å². The molecule has 0 aliphatic heterocycles. The molecule has 0 saturated heterocycles. The van der Waals surface area contributed by atoms with Crippen LogP contribution in [0.2, 0.25) is 0 Å². The first-order valence-electron chi connectivity index (χ1n) is 5.81. The molecule has 5 N–H and O–H groups in total. The lowest BCUT2D eigenvalue weighted by atomic mass is 10.2. The first-order valence-corrected chi connectivity index (χ1v) is 5.81. The Bertz CT molecular complexity index is 517. The van der Waals surface area contributed by atoms with E-state index in [-0.39, 0.29) is 0 Å². The fraction of sp³-hybridized carbons (Fsp3) is 0.250. The molecule has 18 heavy (non-hydrogen) atoms. The molecular weight excluding hydrogens is 228 g/mol. The molecule has 0 radical (unpaired) electrons. The van der Waals surface area contributed by atoms with Crippen molar-refractivity contribution in [2.24, 2.45) is 16.0 Å². The van der Waals surface area contributed by atoms with Gasteiger partial charge in [0.15, 0.2) is 11.5 Å². The van der Waals surface area contributed by atoms with Crippen LogP contribution >= 0.6 is 0 Å². The van der Waals surface area contributed by atoms with Gasteiger partial charge in [0.2, 0.25) is 0 Å². The highest BCUT2D eigenvalue weighted by Gasteiger charge is 2.09. The maximum absolute atomic E-state index is 5.75. The zero-order chi connectivity index (χ0) is 12.8. The van der Waals surface area contributed by atoms with Gasteiger partial charge in [0.05, 0.1) is 11.4 Å². The molecule has 1 aromatic heterocycles. The molecule has 0 aliphatic rings. The maximum Gasteiger partial charge on any atom is 0.173 e. The predicted octanol–water partition coefficient (Wildman–Crippen LogP) is 2.30.